The first-order valence-corrected chi connectivity index (χ1v) is 35.4. The summed E-state index contributed by atoms with van der Waals surface area (Å²) in [5, 5.41) is 54.3. The fourth-order valence-corrected chi connectivity index (χ4v) is 11.1. The average Bonchev–Trinajstić information content (AvgIpc) is 3.68. The van der Waals surface area contributed by atoms with Crippen LogP contribution in [-0.2, 0) is 23.8 Å². The lowest BCUT2D eigenvalue weighted by Gasteiger charge is -2.40. The Hall–Kier alpha value is -2.38. The van der Waals surface area contributed by atoms with E-state index in [1.165, 1.54) is 238 Å². The van der Waals surface area contributed by atoms with Gasteiger partial charge in [0.15, 0.2) is 6.29 Å². The molecule has 0 aromatic heterocycles. The SMILES string of the molecule is CCC/C=C/CC/C=C/CC/C=C/C(O)C(COC1OC(CO)C(O)C(O)C1O)NC(=O)CCCCCCCCCCCCCCCCCCC/C=C\CCCCCCCCCCCCCCOC(=O)CCCCCCCCCCCCC. The summed E-state index contributed by atoms with van der Waals surface area (Å²) in [4.78, 5) is 25.1. The highest BCUT2D eigenvalue weighted by atomic mass is 16.7. The zero-order valence-electron chi connectivity index (χ0n) is 53.9. The standard InChI is InChI=1S/C72H133NO10/c1-3-5-7-9-11-13-38-42-46-50-54-58-65(75)64(63-82-72-71(80)70(79)69(78)66(62-74)83-72)73-67(76)59-55-51-47-43-40-36-34-32-30-28-26-24-22-20-18-16-15-17-19-21-23-25-27-29-31-33-35-37-41-45-49-53-57-61-81-68(77)60-56-52-48-44-39-14-12-10-8-6-4-2/h7,9,19,21,38,42,54,58,64-66,69-72,74-75,78-80H,3-6,8,10-18,20,22-37,39-41,43-53,55-57,59-63H2,1-2H3,(H,73,76)/b9-7+,21-19-,42-38+,58-54+. The van der Waals surface area contributed by atoms with Crippen LogP contribution in [0, 0.1) is 0 Å². The maximum absolute atomic E-state index is 13.0. The Bertz CT molecular complexity index is 1520. The Morgan fingerprint density at radius 1 is 0.434 bits per heavy atom. The van der Waals surface area contributed by atoms with E-state index in [2.05, 4.69) is 55.6 Å². The Labute approximate surface area is 510 Å². The van der Waals surface area contributed by atoms with Crippen LogP contribution in [0.5, 0.6) is 0 Å². The van der Waals surface area contributed by atoms with E-state index < -0.39 is 49.5 Å². The highest BCUT2D eigenvalue weighted by Gasteiger charge is 2.44. The molecule has 1 fully saturated rings. The number of allylic oxidation sites excluding steroid dienone is 7. The first kappa shape index (κ1) is 78.6. The molecule has 1 saturated heterocycles. The third kappa shape index (κ3) is 50.3. The number of carbonyl (C=O) groups is 2. The maximum Gasteiger partial charge on any atom is 0.305 e. The largest absolute Gasteiger partial charge is 0.466 e. The van der Waals surface area contributed by atoms with Gasteiger partial charge in [-0.15, -0.1) is 0 Å². The maximum atomic E-state index is 13.0. The van der Waals surface area contributed by atoms with Gasteiger partial charge in [0, 0.05) is 12.8 Å². The van der Waals surface area contributed by atoms with Gasteiger partial charge in [-0.2, -0.15) is 0 Å². The Morgan fingerprint density at radius 2 is 0.807 bits per heavy atom. The van der Waals surface area contributed by atoms with Crippen molar-refractivity contribution in [2.24, 2.45) is 0 Å². The number of hydrogen-bond donors (Lipinski definition) is 6. The molecule has 1 aliphatic rings. The van der Waals surface area contributed by atoms with Crippen molar-refractivity contribution in [2.45, 2.75) is 378 Å². The number of hydrogen-bond acceptors (Lipinski definition) is 10. The van der Waals surface area contributed by atoms with Gasteiger partial charge in [-0.05, 0) is 77.0 Å². The molecular formula is C72H133NO10. The number of aliphatic hydroxyl groups excluding tert-OH is 5. The van der Waals surface area contributed by atoms with E-state index in [-0.39, 0.29) is 18.5 Å². The Balaban J connectivity index is 1.94. The monoisotopic (exact) mass is 1170 g/mol. The quantitative estimate of drug-likeness (QED) is 0.0195. The molecule has 0 aliphatic carbocycles. The van der Waals surface area contributed by atoms with Gasteiger partial charge in [0.2, 0.25) is 5.91 Å². The molecule has 7 atom stereocenters. The van der Waals surface area contributed by atoms with Crippen LogP contribution in [0.2, 0.25) is 0 Å². The Kier molecular flexibility index (Phi) is 58.0. The lowest BCUT2D eigenvalue weighted by atomic mass is 9.99. The van der Waals surface area contributed by atoms with Crippen molar-refractivity contribution in [1.82, 2.24) is 5.32 Å². The Morgan fingerprint density at radius 3 is 1.24 bits per heavy atom. The molecular weight excluding hydrogens is 1040 g/mol. The van der Waals surface area contributed by atoms with Crippen molar-refractivity contribution in [3.05, 3.63) is 48.6 Å². The molecule has 1 heterocycles. The lowest BCUT2D eigenvalue weighted by molar-refractivity contribution is -0.302. The van der Waals surface area contributed by atoms with Crippen molar-refractivity contribution < 1.29 is 49.3 Å². The molecule has 6 N–H and O–H groups in total. The summed E-state index contributed by atoms with van der Waals surface area (Å²) < 4.78 is 16.7. The second kappa shape index (κ2) is 61.3. The second-order valence-corrected chi connectivity index (χ2v) is 24.6. The van der Waals surface area contributed by atoms with Gasteiger partial charge in [0.25, 0.3) is 0 Å². The minimum Gasteiger partial charge on any atom is -0.466 e. The number of aliphatic hydroxyl groups is 5. The highest BCUT2D eigenvalue weighted by Crippen LogP contribution is 2.23. The van der Waals surface area contributed by atoms with E-state index >= 15 is 0 Å². The molecule has 0 radical (unpaired) electrons. The second-order valence-electron chi connectivity index (χ2n) is 24.6. The van der Waals surface area contributed by atoms with Gasteiger partial charge in [-0.25, -0.2) is 0 Å². The molecule has 1 amide bonds. The average molecular weight is 1170 g/mol. The van der Waals surface area contributed by atoms with Crippen LogP contribution in [0.25, 0.3) is 0 Å². The molecule has 83 heavy (non-hydrogen) atoms. The first-order valence-electron chi connectivity index (χ1n) is 35.4. The predicted octanol–water partition coefficient (Wildman–Crippen LogP) is 18.0. The summed E-state index contributed by atoms with van der Waals surface area (Å²) in [6.45, 7) is 4.27. The van der Waals surface area contributed by atoms with Gasteiger partial charge in [0.05, 0.1) is 32.0 Å². The molecule has 11 nitrogen and oxygen atoms in total. The molecule has 0 bridgehead atoms. The van der Waals surface area contributed by atoms with Crippen LogP contribution in [0.15, 0.2) is 48.6 Å². The molecule has 7 unspecified atom stereocenters. The van der Waals surface area contributed by atoms with E-state index in [9.17, 15) is 35.1 Å². The number of carbonyl (C=O) groups excluding carboxylic acids is 2. The van der Waals surface area contributed by atoms with Crippen LogP contribution >= 0.6 is 0 Å². The molecule has 0 aromatic carbocycles. The minimum absolute atomic E-state index is 0.0107. The number of amides is 1. The van der Waals surface area contributed by atoms with Gasteiger partial charge < -0.3 is 45.1 Å². The number of rotatable bonds is 62. The van der Waals surface area contributed by atoms with Gasteiger partial charge in [0.1, 0.15) is 24.4 Å². The summed E-state index contributed by atoms with van der Waals surface area (Å²) in [7, 11) is 0. The first-order chi connectivity index (χ1) is 40.7. The molecule has 0 aromatic rings. The van der Waals surface area contributed by atoms with Crippen LogP contribution in [0.4, 0.5) is 0 Å². The molecule has 0 spiro atoms. The summed E-state index contributed by atoms with van der Waals surface area (Å²) in [6, 6.07) is -0.832. The van der Waals surface area contributed by atoms with E-state index in [1.54, 1.807) is 6.08 Å². The van der Waals surface area contributed by atoms with Crippen molar-refractivity contribution >= 4 is 11.9 Å². The lowest BCUT2D eigenvalue weighted by Crippen LogP contribution is -2.60. The summed E-state index contributed by atoms with van der Waals surface area (Å²) >= 11 is 0. The zero-order valence-corrected chi connectivity index (χ0v) is 53.9. The molecule has 0 saturated carbocycles. The molecule has 486 valence electrons. The van der Waals surface area contributed by atoms with Crippen LogP contribution in [-0.4, -0.2) is 100 Å². The highest BCUT2D eigenvalue weighted by molar-refractivity contribution is 5.76. The number of esters is 1. The van der Waals surface area contributed by atoms with E-state index in [1.807, 2.05) is 6.08 Å². The fourth-order valence-electron chi connectivity index (χ4n) is 11.1. The van der Waals surface area contributed by atoms with Gasteiger partial charge >= 0.3 is 5.97 Å². The smallest absolute Gasteiger partial charge is 0.305 e. The zero-order chi connectivity index (χ0) is 60.2. The van der Waals surface area contributed by atoms with Crippen molar-refractivity contribution in [1.29, 1.82) is 0 Å². The normalized spacial score (nSPS) is 18.4. The third-order valence-corrected chi connectivity index (χ3v) is 16.6. The third-order valence-electron chi connectivity index (χ3n) is 16.6. The molecule has 1 aliphatic heterocycles. The summed E-state index contributed by atoms with van der Waals surface area (Å²) in [6.07, 6.45) is 69.8. The van der Waals surface area contributed by atoms with Crippen LogP contribution < -0.4 is 5.32 Å². The van der Waals surface area contributed by atoms with E-state index in [0.29, 0.717) is 19.4 Å². The fraction of sp³-hybridized carbons (Fsp3) is 0.861. The number of unbranched alkanes of at least 4 members (excludes halogenated alkanes) is 42. The predicted molar refractivity (Wildman–Crippen MR) is 347 cm³/mol. The van der Waals surface area contributed by atoms with Crippen molar-refractivity contribution in [3.8, 4) is 0 Å². The molecule has 11 heteroatoms. The van der Waals surface area contributed by atoms with Crippen molar-refractivity contribution in [2.75, 3.05) is 19.8 Å². The van der Waals surface area contributed by atoms with Gasteiger partial charge in [-0.3, -0.25) is 9.59 Å². The van der Waals surface area contributed by atoms with E-state index in [4.69, 9.17) is 14.2 Å². The minimum atomic E-state index is -1.58. The van der Waals surface area contributed by atoms with Crippen LogP contribution in [0.3, 0.4) is 0 Å². The summed E-state index contributed by atoms with van der Waals surface area (Å²) in [5.74, 6) is -0.183. The topological polar surface area (TPSA) is 175 Å². The van der Waals surface area contributed by atoms with Crippen molar-refractivity contribution in [3.63, 3.8) is 0 Å². The van der Waals surface area contributed by atoms with Gasteiger partial charge in [-0.1, -0.05) is 294 Å². The number of ether oxygens (including phenoxy) is 3. The molecule has 1 rings (SSSR count). The summed E-state index contributed by atoms with van der Waals surface area (Å²) in [5.41, 5.74) is 0. The number of nitrogens with one attached hydrogen (secondary N) is 1. The van der Waals surface area contributed by atoms with Crippen LogP contribution in [0.1, 0.15) is 335 Å². The van der Waals surface area contributed by atoms with E-state index in [0.717, 1.165) is 70.6 Å².